The van der Waals surface area contributed by atoms with Gasteiger partial charge in [-0.3, -0.25) is 15.0 Å². The number of thiocarbonyl (C=S) groups is 2. The highest BCUT2D eigenvalue weighted by atomic mass is 35.5. The molecule has 0 bridgehead atoms. The number of halogens is 1. The van der Waals surface area contributed by atoms with Gasteiger partial charge < -0.3 is 10.1 Å². The zero-order valence-corrected chi connectivity index (χ0v) is 18.2. The van der Waals surface area contributed by atoms with Gasteiger partial charge in [-0.15, -0.1) is 0 Å². The molecule has 2 amide bonds. The molecule has 1 heterocycles. The van der Waals surface area contributed by atoms with Crippen molar-refractivity contribution in [3.63, 3.8) is 0 Å². The van der Waals surface area contributed by atoms with Gasteiger partial charge in [0.2, 0.25) is 0 Å². The number of hydrogen-bond donors (Lipinski definition) is 2. The molecular weight excluding hydrogens is 450 g/mol. The minimum atomic E-state index is -0.569. The van der Waals surface area contributed by atoms with E-state index in [4.69, 9.17) is 40.8 Å². The topological polar surface area (TPSA) is 70.7 Å². The minimum absolute atomic E-state index is 0.190. The van der Waals surface area contributed by atoms with Crippen LogP contribution in [-0.4, -0.2) is 33.2 Å². The molecule has 0 unspecified atom stereocenters. The van der Waals surface area contributed by atoms with Gasteiger partial charge in [0, 0.05) is 10.7 Å². The summed E-state index contributed by atoms with van der Waals surface area (Å²) >= 11 is 17.3. The highest BCUT2D eigenvalue weighted by molar-refractivity contribution is 8.26. The van der Waals surface area contributed by atoms with Gasteiger partial charge >= 0.3 is 0 Å². The Morgan fingerprint density at radius 2 is 1.83 bits per heavy atom. The number of nitrogens with one attached hydrogen (secondary N) is 2. The molecule has 6 nitrogen and oxygen atoms in total. The third-order valence-electron chi connectivity index (χ3n) is 3.73. The molecule has 0 saturated carbocycles. The zero-order valence-electron chi connectivity index (χ0n) is 15.0. The van der Waals surface area contributed by atoms with Crippen molar-refractivity contribution in [2.45, 2.75) is 0 Å². The monoisotopic (exact) mass is 463 g/mol. The summed E-state index contributed by atoms with van der Waals surface area (Å²) in [5, 5.41) is 4.32. The van der Waals surface area contributed by atoms with E-state index in [1.807, 2.05) is 0 Å². The molecule has 2 aromatic carbocycles. The Morgan fingerprint density at radius 3 is 2.45 bits per heavy atom. The van der Waals surface area contributed by atoms with Crippen molar-refractivity contribution < 1.29 is 14.3 Å². The van der Waals surface area contributed by atoms with Crippen molar-refractivity contribution >= 4 is 80.7 Å². The molecule has 1 fully saturated rings. The fraction of sp³-hybridized carbons (Fsp3) is 0.0526. The van der Waals surface area contributed by atoms with Gasteiger partial charge in [0.25, 0.3) is 11.8 Å². The van der Waals surface area contributed by atoms with Gasteiger partial charge in [0.05, 0.1) is 12.0 Å². The lowest BCUT2D eigenvalue weighted by atomic mass is 10.2. The van der Waals surface area contributed by atoms with Crippen LogP contribution in [0, 0.1) is 0 Å². The first-order valence-electron chi connectivity index (χ1n) is 8.17. The maximum atomic E-state index is 12.6. The predicted molar refractivity (Wildman–Crippen MR) is 124 cm³/mol. The second-order valence-electron chi connectivity index (χ2n) is 5.69. The van der Waals surface area contributed by atoms with Crippen LogP contribution in [-0.2, 0) is 9.59 Å². The number of methoxy groups -OCH3 is 1. The van der Waals surface area contributed by atoms with Crippen LogP contribution in [0.4, 0.5) is 5.69 Å². The summed E-state index contributed by atoms with van der Waals surface area (Å²) < 4.78 is 5.31. The molecule has 0 aliphatic carbocycles. The van der Waals surface area contributed by atoms with E-state index in [2.05, 4.69) is 10.7 Å². The molecule has 1 aliphatic rings. The van der Waals surface area contributed by atoms with Crippen molar-refractivity contribution in [1.29, 1.82) is 0 Å². The van der Waals surface area contributed by atoms with Gasteiger partial charge in [-0.25, -0.2) is 0 Å². The Balaban J connectivity index is 1.64. The highest BCUT2D eigenvalue weighted by Crippen LogP contribution is 2.31. The number of hydrogen-bond acceptors (Lipinski definition) is 6. The molecule has 3 rings (SSSR count). The van der Waals surface area contributed by atoms with Gasteiger partial charge in [-0.1, -0.05) is 47.7 Å². The summed E-state index contributed by atoms with van der Waals surface area (Å²) in [7, 11) is 1.55. The van der Waals surface area contributed by atoms with Gasteiger partial charge in [0.15, 0.2) is 9.31 Å². The average molecular weight is 464 g/mol. The van der Waals surface area contributed by atoms with Crippen molar-refractivity contribution in [2.24, 2.45) is 0 Å². The Hall–Kier alpha value is -2.46. The predicted octanol–water partition coefficient (Wildman–Crippen LogP) is 4.02. The Labute approximate surface area is 187 Å². The van der Waals surface area contributed by atoms with E-state index in [9.17, 15) is 9.59 Å². The van der Waals surface area contributed by atoms with E-state index < -0.39 is 11.8 Å². The second kappa shape index (κ2) is 9.36. The second-order valence-corrected chi connectivity index (χ2v) is 8.21. The Bertz CT molecular complexity index is 1010. The number of benzene rings is 2. The first kappa shape index (κ1) is 21.3. The van der Waals surface area contributed by atoms with E-state index in [0.717, 1.165) is 22.3 Å². The summed E-state index contributed by atoms with van der Waals surface area (Å²) in [6.45, 7) is 0. The standard InChI is InChI=1S/C19H14ClN3O3S3/c1-26-14-8-6-13(7-9-14)21-16(24)17(27)22-23-18(25)15(29-19(23)28)10-11-2-4-12(20)5-3-11/h2-10H,1H3,(H,21,24)(H,22,27)/b15-10+. The normalized spacial score (nSPS) is 14.8. The molecular formula is C19H14ClN3O3S3. The molecule has 1 saturated heterocycles. The number of hydrazine groups is 1. The number of anilines is 1. The average Bonchev–Trinajstić information content (AvgIpc) is 2.97. The number of amides is 2. The van der Waals surface area contributed by atoms with E-state index >= 15 is 0 Å². The Kier molecular flexibility index (Phi) is 6.86. The van der Waals surface area contributed by atoms with Crippen LogP contribution in [0.3, 0.4) is 0 Å². The lowest BCUT2D eigenvalue weighted by molar-refractivity contribution is -0.123. The molecule has 0 spiro atoms. The van der Waals surface area contributed by atoms with Crippen molar-refractivity contribution in [1.82, 2.24) is 10.4 Å². The van der Waals surface area contributed by atoms with Crippen LogP contribution in [0.5, 0.6) is 5.75 Å². The number of rotatable bonds is 4. The van der Waals surface area contributed by atoms with Crippen LogP contribution in [0.15, 0.2) is 53.4 Å². The van der Waals surface area contributed by atoms with Crippen molar-refractivity contribution in [2.75, 3.05) is 12.4 Å². The SMILES string of the molecule is COc1ccc(NC(=O)C(=S)NN2C(=O)/C(=C\c3ccc(Cl)cc3)SC2=S)cc1. The van der Waals surface area contributed by atoms with Crippen molar-refractivity contribution in [3.05, 3.63) is 64.0 Å². The summed E-state index contributed by atoms with van der Waals surface area (Å²) in [5.74, 6) is -0.302. The molecule has 1 aliphatic heterocycles. The molecule has 29 heavy (non-hydrogen) atoms. The number of carbonyl (C=O) groups excluding carboxylic acids is 2. The maximum absolute atomic E-state index is 12.6. The summed E-state index contributed by atoms with van der Waals surface area (Å²) in [4.78, 5) is 25.2. The molecule has 0 atom stereocenters. The number of thioether (sulfide) groups is 1. The lowest BCUT2D eigenvalue weighted by Crippen LogP contribution is -2.48. The van der Waals surface area contributed by atoms with E-state index in [0.29, 0.717) is 21.4 Å². The third-order valence-corrected chi connectivity index (χ3v) is 5.56. The molecule has 10 heteroatoms. The molecule has 148 valence electrons. The lowest BCUT2D eigenvalue weighted by Gasteiger charge is -2.17. The van der Waals surface area contributed by atoms with E-state index in [1.54, 1.807) is 61.7 Å². The minimum Gasteiger partial charge on any atom is -0.497 e. The van der Waals surface area contributed by atoms with Crippen LogP contribution in [0.2, 0.25) is 5.02 Å². The van der Waals surface area contributed by atoms with E-state index in [1.165, 1.54) is 0 Å². The molecule has 0 aromatic heterocycles. The largest absolute Gasteiger partial charge is 0.497 e. The number of nitrogens with zero attached hydrogens (tertiary/aromatic N) is 1. The summed E-state index contributed by atoms with van der Waals surface area (Å²) in [6.07, 6.45) is 1.69. The fourth-order valence-corrected chi connectivity index (χ4v) is 3.74. The zero-order chi connectivity index (χ0) is 21.0. The third kappa shape index (κ3) is 5.33. The quantitative estimate of drug-likeness (QED) is 0.524. The highest BCUT2D eigenvalue weighted by Gasteiger charge is 2.33. The van der Waals surface area contributed by atoms with Crippen LogP contribution in [0.1, 0.15) is 5.56 Å². The maximum Gasteiger partial charge on any atom is 0.285 e. The molecule has 2 N–H and O–H groups in total. The molecule has 0 radical (unpaired) electrons. The Morgan fingerprint density at radius 1 is 1.17 bits per heavy atom. The van der Waals surface area contributed by atoms with Gasteiger partial charge in [-0.05, 0) is 60.3 Å². The van der Waals surface area contributed by atoms with Crippen molar-refractivity contribution in [3.8, 4) is 5.75 Å². The molecule has 2 aromatic rings. The van der Waals surface area contributed by atoms with Crippen LogP contribution >= 0.6 is 47.8 Å². The summed E-state index contributed by atoms with van der Waals surface area (Å²) in [6, 6.07) is 13.8. The number of carbonyl (C=O) groups is 2. The smallest absolute Gasteiger partial charge is 0.285 e. The van der Waals surface area contributed by atoms with E-state index in [-0.39, 0.29) is 9.31 Å². The van der Waals surface area contributed by atoms with Crippen LogP contribution < -0.4 is 15.5 Å². The first-order chi connectivity index (χ1) is 13.9. The first-order valence-corrected chi connectivity index (χ1v) is 10.2. The van der Waals surface area contributed by atoms with Gasteiger partial charge in [-0.2, -0.15) is 5.01 Å². The fourth-order valence-electron chi connectivity index (χ4n) is 2.29. The summed E-state index contributed by atoms with van der Waals surface area (Å²) in [5.41, 5.74) is 3.94. The van der Waals surface area contributed by atoms with Gasteiger partial charge in [0.1, 0.15) is 5.75 Å². The number of ether oxygens (including phenoxy) is 1. The van der Waals surface area contributed by atoms with Crippen LogP contribution in [0.25, 0.3) is 6.08 Å².